The van der Waals surface area contributed by atoms with Crippen LogP contribution >= 0.6 is 11.6 Å². The van der Waals surface area contributed by atoms with E-state index in [0.717, 1.165) is 59.0 Å². The molecule has 1 aliphatic carbocycles. The van der Waals surface area contributed by atoms with Gasteiger partial charge in [0.15, 0.2) is 0 Å². The van der Waals surface area contributed by atoms with Crippen molar-refractivity contribution in [2.45, 2.75) is 44.7 Å². The van der Waals surface area contributed by atoms with Crippen molar-refractivity contribution in [1.29, 1.82) is 0 Å². The Labute approximate surface area is 266 Å². The molecule has 1 aliphatic rings. The first kappa shape index (κ1) is 30.3. The lowest BCUT2D eigenvalue weighted by atomic mass is 9.83. The fraction of sp³-hybridized carbons (Fsp3) is 0.243. The molecule has 1 saturated carbocycles. The minimum atomic E-state index is -0.390. The van der Waals surface area contributed by atoms with Gasteiger partial charge in [0.2, 0.25) is 5.91 Å². The molecule has 1 fully saturated rings. The first-order valence-electron chi connectivity index (χ1n) is 15.2. The average Bonchev–Trinajstić information content (AvgIpc) is 3.61. The summed E-state index contributed by atoms with van der Waals surface area (Å²) in [7, 11) is 1.35. The smallest absolute Gasteiger partial charge is 0.337 e. The third-order valence-electron chi connectivity index (χ3n) is 8.65. The van der Waals surface area contributed by atoms with E-state index in [9.17, 15) is 14.4 Å². The Kier molecular flexibility index (Phi) is 9.08. The topological polar surface area (TPSA) is 90.3 Å². The first-order valence-corrected chi connectivity index (χ1v) is 15.6. The van der Waals surface area contributed by atoms with Gasteiger partial charge in [0.05, 0.1) is 36.2 Å². The molecule has 1 amide bonds. The second-order valence-corrected chi connectivity index (χ2v) is 12.0. The summed E-state index contributed by atoms with van der Waals surface area (Å²) in [5.74, 6) is -0.400. The van der Waals surface area contributed by atoms with Crippen LogP contribution in [-0.4, -0.2) is 28.8 Å². The quantitative estimate of drug-likeness (QED) is 0.177. The van der Waals surface area contributed by atoms with Crippen molar-refractivity contribution >= 4 is 34.2 Å². The van der Waals surface area contributed by atoms with Crippen LogP contribution in [0.3, 0.4) is 0 Å². The minimum Gasteiger partial charge on any atom is -0.465 e. The third kappa shape index (κ3) is 6.69. The molecular formula is C37H34ClN3O4. The molecule has 6 rings (SSSR count). The molecule has 1 heterocycles. The van der Waals surface area contributed by atoms with Crippen molar-refractivity contribution in [3.63, 3.8) is 0 Å². The molecule has 7 nitrogen and oxygen atoms in total. The molecule has 0 spiro atoms. The summed E-state index contributed by atoms with van der Waals surface area (Å²) in [6, 6.07) is 30.0. The predicted octanol–water partition coefficient (Wildman–Crippen LogP) is 7.14. The number of nitrogens with one attached hydrogen (secondary N) is 1. The van der Waals surface area contributed by atoms with Gasteiger partial charge in [-0.1, -0.05) is 91.2 Å². The average molecular weight is 620 g/mol. The predicted molar refractivity (Wildman–Crippen MR) is 176 cm³/mol. The van der Waals surface area contributed by atoms with Crippen LogP contribution in [0.2, 0.25) is 5.02 Å². The van der Waals surface area contributed by atoms with E-state index >= 15 is 0 Å². The normalized spacial score (nSPS) is 13.9. The maximum Gasteiger partial charge on any atom is 0.337 e. The van der Waals surface area contributed by atoms with Crippen molar-refractivity contribution in [3.05, 3.63) is 135 Å². The molecule has 0 bridgehead atoms. The van der Waals surface area contributed by atoms with E-state index < -0.39 is 5.97 Å². The molecule has 8 heteroatoms. The van der Waals surface area contributed by atoms with Gasteiger partial charge in [-0.3, -0.25) is 9.59 Å². The zero-order valence-corrected chi connectivity index (χ0v) is 25.8. The van der Waals surface area contributed by atoms with E-state index in [1.54, 1.807) is 12.1 Å². The summed E-state index contributed by atoms with van der Waals surface area (Å²) >= 11 is 6.13. The Morgan fingerprint density at radius 2 is 1.53 bits per heavy atom. The number of carbonyl (C=O) groups excluding carboxylic acids is 2. The number of rotatable bonds is 9. The molecule has 1 aromatic heterocycles. The Balaban J connectivity index is 1.23. The summed E-state index contributed by atoms with van der Waals surface area (Å²) in [6.45, 7) is 0.667. The van der Waals surface area contributed by atoms with Gasteiger partial charge in [-0.2, -0.15) is 5.10 Å². The Morgan fingerprint density at radius 3 is 2.20 bits per heavy atom. The zero-order valence-electron chi connectivity index (χ0n) is 25.0. The van der Waals surface area contributed by atoms with Crippen molar-refractivity contribution < 1.29 is 14.3 Å². The van der Waals surface area contributed by atoms with Gasteiger partial charge in [-0.25, -0.2) is 9.48 Å². The largest absolute Gasteiger partial charge is 0.465 e. The Bertz CT molecular complexity index is 1880. The Morgan fingerprint density at radius 1 is 0.889 bits per heavy atom. The molecule has 4 aromatic carbocycles. The number of ether oxygens (including phenoxy) is 1. The molecule has 45 heavy (non-hydrogen) atoms. The number of methoxy groups -OCH3 is 1. The molecule has 0 saturated heterocycles. The number of hydrogen-bond donors (Lipinski definition) is 1. The monoisotopic (exact) mass is 619 g/mol. The summed E-state index contributed by atoms with van der Waals surface area (Å²) in [6.07, 6.45) is 4.26. The van der Waals surface area contributed by atoms with Gasteiger partial charge >= 0.3 is 5.97 Å². The van der Waals surface area contributed by atoms with Crippen molar-refractivity contribution in [2.24, 2.45) is 5.92 Å². The van der Waals surface area contributed by atoms with Crippen molar-refractivity contribution in [1.82, 2.24) is 15.1 Å². The molecular weight excluding hydrogens is 586 g/mol. The number of benzene rings is 4. The molecule has 0 aliphatic heterocycles. The van der Waals surface area contributed by atoms with E-state index in [2.05, 4.69) is 5.32 Å². The SMILES string of the molecule is COC(=O)c1ccc(CNC(=O)C(c2ccc(Cn3nc(-c4ccc(Cl)cc4)c4ccccc4c3=O)cc2)C2CCCC2)cc1. The van der Waals surface area contributed by atoms with Crippen LogP contribution in [0.1, 0.15) is 58.6 Å². The highest BCUT2D eigenvalue weighted by Gasteiger charge is 2.32. The van der Waals surface area contributed by atoms with Crippen LogP contribution in [0.15, 0.2) is 102 Å². The number of nitrogens with zero attached hydrogens (tertiary/aromatic N) is 2. The van der Waals surface area contributed by atoms with Gasteiger partial charge in [0.25, 0.3) is 5.56 Å². The van der Waals surface area contributed by atoms with E-state index in [0.29, 0.717) is 29.1 Å². The van der Waals surface area contributed by atoms with Crippen LogP contribution in [0, 0.1) is 5.92 Å². The molecule has 1 N–H and O–H groups in total. The second-order valence-electron chi connectivity index (χ2n) is 11.5. The fourth-order valence-corrected chi connectivity index (χ4v) is 6.40. The standard InChI is InChI=1S/C37H34ClN3O4/c1-45-37(44)29-16-10-24(11-17-29)22-39-35(42)33(26-6-2-3-7-26)27-14-12-25(13-15-27)23-41-36(43)32-9-5-4-8-31(32)34(40-41)28-18-20-30(38)21-19-28/h4-5,8-21,26,33H,2-3,6-7,22-23H2,1H3,(H,39,42). The van der Waals surface area contributed by atoms with Crippen LogP contribution in [0.5, 0.6) is 0 Å². The van der Waals surface area contributed by atoms with Crippen LogP contribution in [-0.2, 0) is 22.6 Å². The summed E-state index contributed by atoms with van der Waals surface area (Å²) < 4.78 is 6.28. The number of amides is 1. The number of esters is 1. The van der Waals surface area contributed by atoms with Gasteiger partial charge in [0.1, 0.15) is 0 Å². The van der Waals surface area contributed by atoms with Crippen molar-refractivity contribution in [3.8, 4) is 11.3 Å². The lowest BCUT2D eigenvalue weighted by molar-refractivity contribution is -0.123. The molecule has 1 unspecified atom stereocenters. The lowest BCUT2D eigenvalue weighted by Gasteiger charge is -2.23. The van der Waals surface area contributed by atoms with Crippen LogP contribution in [0.25, 0.3) is 22.0 Å². The van der Waals surface area contributed by atoms with Crippen LogP contribution < -0.4 is 10.9 Å². The van der Waals surface area contributed by atoms with Gasteiger partial charge in [0, 0.05) is 22.5 Å². The Hall–Kier alpha value is -4.75. The summed E-state index contributed by atoms with van der Waals surface area (Å²) in [4.78, 5) is 38.8. The van der Waals surface area contributed by atoms with Gasteiger partial charge in [-0.15, -0.1) is 0 Å². The highest BCUT2D eigenvalue weighted by Crippen LogP contribution is 2.38. The number of hydrogen-bond acceptors (Lipinski definition) is 5. The minimum absolute atomic E-state index is 0.00767. The number of carbonyl (C=O) groups is 2. The van der Waals surface area contributed by atoms with Crippen LogP contribution in [0.4, 0.5) is 0 Å². The van der Waals surface area contributed by atoms with E-state index in [4.69, 9.17) is 21.4 Å². The number of fused-ring (bicyclic) bond motifs is 1. The maximum atomic E-state index is 13.6. The number of halogens is 1. The molecule has 5 aromatic rings. The summed E-state index contributed by atoms with van der Waals surface area (Å²) in [5.41, 5.74) is 4.70. The molecule has 228 valence electrons. The van der Waals surface area contributed by atoms with E-state index in [1.165, 1.54) is 11.8 Å². The van der Waals surface area contributed by atoms with E-state index in [-0.39, 0.29) is 23.3 Å². The van der Waals surface area contributed by atoms with Gasteiger partial charge < -0.3 is 10.1 Å². The highest BCUT2D eigenvalue weighted by molar-refractivity contribution is 6.30. The lowest BCUT2D eigenvalue weighted by Crippen LogP contribution is -2.32. The third-order valence-corrected chi connectivity index (χ3v) is 8.90. The second kappa shape index (κ2) is 13.5. The number of aromatic nitrogens is 2. The molecule has 1 atom stereocenters. The first-order chi connectivity index (χ1) is 21.9. The van der Waals surface area contributed by atoms with Crippen molar-refractivity contribution in [2.75, 3.05) is 7.11 Å². The van der Waals surface area contributed by atoms with Gasteiger partial charge in [-0.05, 0) is 65.8 Å². The summed E-state index contributed by atoms with van der Waals surface area (Å²) in [5, 5.41) is 9.94. The maximum absolute atomic E-state index is 13.6. The fourth-order valence-electron chi connectivity index (χ4n) is 6.27. The molecule has 0 radical (unpaired) electrons. The highest BCUT2D eigenvalue weighted by atomic mass is 35.5. The zero-order chi connectivity index (χ0) is 31.3. The van der Waals surface area contributed by atoms with E-state index in [1.807, 2.05) is 84.9 Å².